The summed E-state index contributed by atoms with van der Waals surface area (Å²) in [6, 6.07) is 8.45. The van der Waals surface area contributed by atoms with Crippen LogP contribution in [-0.4, -0.2) is 35.8 Å². The van der Waals surface area contributed by atoms with E-state index in [9.17, 15) is 9.59 Å². The highest BCUT2D eigenvalue weighted by Crippen LogP contribution is 2.22. The molecule has 2 rings (SSSR count). The van der Waals surface area contributed by atoms with Crippen LogP contribution in [0.1, 0.15) is 44.2 Å². The van der Waals surface area contributed by atoms with Crippen molar-refractivity contribution in [3.8, 4) is 0 Å². The molecule has 0 aliphatic carbocycles. The van der Waals surface area contributed by atoms with Gasteiger partial charge in [0.15, 0.2) is 0 Å². The monoisotopic (exact) mass is 316 g/mol. The van der Waals surface area contributed by atoms with E-state index < -0.39 is 5.91 Å². The van der Waals surface area contributed by atoms with Crippen LogP contribution in [0.5, 0.6) is 0 Å². The molecule has 1 aromatic carbocycles. The molecule has 2 amide bonds. The van der Waals surface area contributed by atoms with Gasteiger partial charge in [-0.25, -0.2) is 0 Å². The number of carbonyl (C=O) groups excluding carboxylic acids is 2. The van der Waals surface area contributed by atoms with E-state index in [-0.39, 0.29) is 11.9 Å². The summed E-state index contributed by atoms with van der Waals surface area (Å²) in [4.78, 5) is 25.8. The summed E-state index contributed by atoms with van der Waals surface area (Å²) in [6.07, 6.45) is 4.23. The van der Waals surface area contributed by atoms with Crippen LogP contribution in [0.15, 0.2) is 24.3 Å². The average Bonchev–Trinajstić information content (AvgIpc) is 2.53. The predicted octanol–water partition coefficient (Wildman–Crippen LogP) is 2.69. The van der Waals surface area contributed by atoms with Gasteiger partial charge < -0.3 is 10.2 Å². The van der Waals surface area contributed by atoms with Gasteiger partial charge in [0.25, 0.3) is 0 Å². The van der Waals surface area contributed by atoms with Crippen molar-refractivity contribution >= 4 is 11.8 Å². The molecule has 0 spiro atoms. The number of nitrogens with one attached hydrogen (secondary N) is 1. The van der Waals surface area contributed by atoms with E-state index in [1.54, 1.807) is 4.90 Å². The first-order valence-electron chi connectivity index (χ1n) is 8.61. The van der Waals surface area contributed by atoms with Crippen LogP contribution in [0.3, 0.4) is 0 Å². The summed E-state index contributed by atoms with van der Waals surface area (Å²) in [6.45, 7) is 7.28. The molecule has 1 N–H and O–H groups in total. The summed E-state index contributed by atoms with van der Waals surface area (Å²) in [5, 5.41) is 2.69. The second kappa shape index (κ2) is 8.14. The van der Waals surface area contributed by atoms with E-state index >= 15 is 0 Å². The minimum Gasteiger partial charge on any atom is -0.346 e. The summed E-state index contributed by atoms with van der Waals surface area (Å²) >= 11 is 0. The Morgan fingerprint density at radius 1 is 1.30 bits per heavy atom. The van der Waals surface area contributed by atoms with E-state index in [2.05, 4.69) is 36.5 Å². The molecule has 1 aliphatic rings. The van der Waals surface area contributed by atoms with Crippen LogP contribution >= 0.6 is 0 Å². The molecule has 1 saturated heterocycles. The molecule has 4 nitrogen and oxygen atoms in total. The van der Waals surface area contributed by atoms with Gasteiger partial charge in [-0.15, -0.1) is 0 Å². The lowest BCUT2D eigenvalue weighted by Gasteiger charge is -2.32. The molecular weight excluding hydrogens is 288 g/mol. The molecule has 4 heteroatoms. The normalized spacial score (nSPS) is 18.1. The van der Waals surface area contributed by atoms with Crippen molar-refractivity contribution in [1.82, 2.24) is 10.2 Å². The van der Waals surface area contributed by atoms with Crippen LogP contribution < -0.4 is 5.32 Å². The van der Waals surface area contributed by atoms with Crippen molar-refractivity contribution in [3.05, 3.63) is 35.4 Å². The number of likely N-dealkylation sites (tertiary alicyclic amines) is 1. The van der Waals surface area contributed by atoms with Crippen molar-refractivity contribution in [2.24, 2.45) is 5.92 Å². The molecule has 1 heterocycles. The summed E-state index contributed by atoms with van der Waals surface area (Å²) in [5.41, 5.74) is 2.71. The molecule has 0 unspecified atom stereocenters. The highest BCUT2D eigenvalue weighted by Gasteiger charge is 2.27. The Labute approximate surface area is 139 Å². The number of piperidine rings is 1. The fraction of sp³-hybridized carbons (Fsp3) is 0.579. The van der Waals surface area contributed by atoms with Crippen LogP contribution in [-0.2, 0) is 16.0 Å². The molecule has 1 atom stereocenters. The number of aryl methyl sites for hydroxylation is 2. The first-order chi connectivity index (χ1) is 11.0. The SMILES string of the molecule is Cc1ccccc1CC[C@H]1CCCN(C(=O)C(=O)NC(C)C)C1. The quantitative estimate of drug-likeness (QED) is 0.868. The van der Waals surface area contributed by atoms with Crippen LogP contribution in [0.4, 0.5) is 0 Å². The van der Waals surface area contributed by atoms with Crippen molar-refractivity contribution in [3.63, 3.8) is 0 Å². The van der Waals surface area contributed by atoms with Crippen LogP contribution in [0.2, 0.25) is 0 Å². The Bertz CT molecular complexity index is 554. The fourth-order valence-corrected chi connectivity index (χ4v) is 3.20. The van der Waals surface area contributed by atoms with Crippen molar-refractivity contribution in [2.45, 2.75) is 52.5 Å². The van der Waals surface area contributed by atoms with Gasteiger partial charge in [-0.1, -0.05) is 24.3 Å². The molecule has 0 radical (unpaired) electrons. The molecule has 0 bridgehead atoms. The lowest BCUT2D eigenvalue weighted by Crippen LogP contribution is -2.48. The largest absolute Gasteiger partial charge is 0.346 e. The molecule has 1 aromatic rings. The summed E-state index contributed by atoms with van der Waals surface area (Å²) in [7, 11) is 0. The van der Waals surface area contributed by atoms with Gasteiger partial charge in [0, 0.05) is 19.1 Å². The minimum absolute atomic E-state index is 0.00640. The van der Waals surface area contributed by atoms with Gasteiger partial charge in [-0.3, -0.25) is 9.59 Å². The van der Waals surface area contributed by atoms with Crippen molar-refractivity contribution in [2.75, 3.05) is 13.1 Å². The van der Waals surface area contributed by atoms with Crippen LogP contribution in [0.25, 0.3) is 0 Å². The predicted molar refractivity (Wildman–Crippen MR) is 92.1 cm³/mol. The number of carbonyl (C=O) groups is 2. The first-order valence-corrected chi connectivity index (χ1v) is 8.61. The molecule has 0 saturated carbocycles. The molecule has 126 valence electrons. The average molecular weight is 316 g/mol. The zero-order chi connectivity index (χ0) is 16.8. The maximum atomic E-state index is 12.2. The number of hydrogen-bond donors (Lipinski definition) is 1. The van der Waals surface area contributed by atoms with E-state index in [0.717, 1.165) is 25.7 Å². The minimum atomic E-state index is -0.473. The molecule has 1 aliphatic heterocycles. The Morgan fingerprint density at radius 3 is 2.74 bits per heavy atom. The standard InChI is InChI=1S/C19H28N2O2/c1-14(2)20-18(22)19(23)21-12-6-8-16(13-21)10-11-17-9-5-4-7-15(17)3/h4-5,7,9,14,16H,6,8,10-13H2,1-3H3,(H,20,22)/t16-/m1/s1. The maximum Gasteiger partial charge on any atom is 0.311 e. The van der Waals surface area contributed by atoms with Gasteiger partial charge >= 0.3 is 11.8 Å². The smallest absolute Gasteiger partial charge is 0.311 e. The zero-order valence-corrected chi connectivity index (χ0v) is 14.5. The third-order valence-electron chi connectivity index (χ3n) is 4.50. The van der Waals surface area contributed by atoms with Gasteiger partial charge in [-0.05, 0) is 63.5 Å². The Hall–Kier alpha value is -1.84. The Morgan fingerprint density at radius 2 is 2.04 bits per heavy atom. The van der Waals surface area contributed by atoms with E-state index in [1.165, 1.54) is 11.1 Å². The molecule has 1 fully saturated rings. The Balaban J connectivity index is 1.87. The fourth-order valence-electron chi connectivity index (χ4n) is 3.20. The van der Waals surface area contributed by atoms with Gasteiger partial charge in [-0.2, -0.15) is 0 Å². The van der Waals surface area contributed by atoms with Gasteiger partial charge in [0.2, 0.25) is 0 Å². The highest BCUT2D eigenvalue weighted by atomic mass is 16.2. The van der Waals surface area contributed by atoms with Gasteiger partial charge in [0.1, 0.15) is 0 Å². The third kappa shape index (κ3) is 5.08. The third-order valence-corrected chi connectivity index (χ3v) is 4.50. The number of amides is 2. The van der Waals surface area contributed by atoms with Crippen molar-refractivity contribution < 1.29 is 9.59 Å². The van der Waals surface area contributed by atoms with E-state index in [0.29, 0.717) is 19.0 Å². The second-order valence-corrected chi connectivity index (χ2v) is 6.85. The number of benzene rings is 1. The second-order valence-electron chi connectivity index (χ2n) is 6.85. The van der Waals surface area contributed by atoms with E-state index in [4.69, 9.17) is 0 Å². The number of rotatable bonds is 4. The summed E-state index contributed by atoms with van der Waals surface area (Å²) < 4.78 is 0. The lowest BCUT2D eigenvalue weighted by molar-refractivity contribution is -0.147. The summed E-state index contributed by atoms with van der Waals surface area (Å²) in [5.74, 6) is -0.363. The first kappa shape index (κ1) is 17.5. The molecule has 0 aromatic heterocycles. The van der Waals surface area contributed by atoms with Gasteiger partial charge in [0.05, 0.1) is 0 Å². The lowest BCUT2D eigenvalue weighted by atomic mass is 9.90. The maximum absolute atomic E-state index is 12.2. The number of nitrogens with zero attached hydrogens (tertiary/aromatic N) is 1. The van der Waals surface area contributed by atoms with Crippen molar-refractivity contribution in [1.29, 1.82) is 0 Å². The topological polar surface area (TPSA) is 49.4 Å². The Kier molecular flexibility index (Phi) is 6.20. The van der Waals surface area contributed by atoms with Crippen LogP contribution in [0, 0.1) is 12.8 Å². The molecule has 23 heavy (non-hydrogen) atoms. The zero-order valence-electron chi connectivity index (χ0n) is 14.5. The molecular formula is C19H28N2O2. The highest BCUT2D eigenvalue weighted by molar-refractivity contribution is 6.35. The van der Waals surface area contributed by atoms with E-state index in [1.807, 2.05) is 13.8 Å². The number of hydrogen-bond acceptors (Lipinski definition) is 2.